The number of carbonyl (C=O) groups is 1. The smallest absolute Gasteiger partial charge is 0.410 e. The number of rotatable bonds is 3. The minimum Gasteiger partial charge on any atom is -0.444 e. The molecule has 1 fully saturated rings. The van der Waals surface area contributed by atoms with E-state index in [1.165, 1.54) is 0 Å². The first-order valence-corrected chi connectivity index (χ1v) is 7.46. The van der Waals surface area contributed by atoms with Crippen molar-refractivity contribution in [2.45, 2.75) is 71.9 Å². The maximum Gasteiger partial charge on any atom is 0.410 e. The minimum atomic E-state index is -0.450. The second-order valence-corrected chi connectivity index (χ2v) is 6.74. The third kappa shape index (κ3) is 4.10. The van der Waals surface area contributed by atoms with E-state index in [-0.39, 0.29) is 17.6 Å². The molecule has 0 spiro atoms. The molecule has 1 aliphatic heterocycles. The lowest BCUT2D eigenvalue weighted by atomic mass is 9.74. The van der Waals surface area contributed by atoms with Crippen LogP contribution in [0.15, 0.2) is 0 Å². The average molecular weight is 270 g/mol. The standard InChI is InChI=1S/C15H30N2O2/c1-6-15(7-2)9-8-12(10-16)17(11-15)13(18)19-14(3,4)5/h12H,6-11,16H2,1-5H3. The van der Waals surface area contributed by atoms with Crippen molar-refractivity contribution in [3.63, 3.8) is 0 Å². The number of hydrogen-bond acceptors (Lipinski definition) is 3. The maximum absolute atomic E-state index is 12.4. The average Bonchev–Trinajstić information content (AvgIpc) is 2.36. The Balaban J connectivity index is 2.83. The normalized spacial score (nSPS) is 23.3. The van der Waals surface area contributed by atoms with E-state index in [1.807, 2.05) is 25.7 Å². The summed E-state index contributed by atoms with van der Waals surface area (Å²) in [5, 5.41) is 0. The lowest BCUT2D eigenvalue weighted by Gasteiger charge is -2.46. The highest BCUT2D eigenvalue weighted by atomic mass is 16.6. The number of nitrogens with zero attached hydrogens (tertiary/aromatic N) is 1. The van der Waals surface area contributed by atoms with Crippen molar-refractivity contribution in [1.29, 1.82) is 0 Å². The molecular weight excluding hydrogens is 240 g/mol. The van der Waals surface area contributed by atoms with E-state index in [2.05, 4.69) is 13.8 Å². The first-order valence-electron chi connectivity index (χ1n) is 7.46. The number of carbonyl (C=O) groups excluding carboxylic acids is 1. The zero-order valence-corrected chi connectivity index (χ0v) is 13.2. The zero-order valence-electron chi connectivity index (χ0n) is 13.2. The number of nitrogens with two attached hydrogens (primary N) is 1. The van der Waals surface area contributed by atoms with E-state index in [1.54, 1.807) is 0 Å². The van der Waals surface area contributed by atoms with Crippen molar-refractivity contribution in [2.24, 2.45) is 11.1 Å². The Kier molecular flexibility index (Phi) is 5.25. The van der Waals surface area contributed by atoms with Crippen LogP contribution in [0.2, 0.25) is 0 Å². The molecule has 0 aromatic rings. The first kappa shape index (κ1) is 16.3. The van der Waals surface area contributed by atoms with Gasteiger partial charge in [-0.25, -0.2) is 4.79 Å². The fourth-order valence-corrected chi connectivity index (χ4v) is 2.80. The fraction of sp³-hybridized carbons (Fsp3) is 0.933. The van der Waals surface area contributed by atoms with E-state index >= 15 is 0 Å². The molecule has 4 heteroatoms. The summed E-state index contributed by atoms with van der Waals surface area (Å²) in [6, 6.07) is 0.126. The Labute approximate surface area is 117 Å². The summed E-state index contributed by atoms with van der Waals surface area (Å²) in [4.78, 5) is 14.2. The SMILES string of the molecule is CCC1(CC)CCC(CN)N(C(=O)OC(C)(C)C)C1. The summed E-state index contributed by atoms with van der Waals surface area (Å²) in [6.07, 6.45) is 4.12. The lowest BCUT2D eigenvalue weighted by Crippen LogP contribution is -2.54. The third-order valence-corrected chi connectivity index (χ3v) is 4.35. The summed E-state index contributed by atoms with van der Waals surface area (Å²) >= 11 is 0. The molecule has 0 aliphatic carbocycles. The topological polar surface area (TPSA) is 55.6 Å². The molecule has 0 bridgehead atoms. The van der Waals surface area contributed by atoms with Gasteiger partial charge in [0.2, 0.25) is 0 Å². The maximum atomic E-state index is 12.4. The third-order valence-electron chi connectivity index (χ3n) is 4.35. The molecule has 1 atom stereocenters. The molecule has 1 heterocycles. The number of hydrogen-bond donors (Lipinski definition) is 1. The van der Waals surface area contributed by atoms with Gasteiger partial charge in [-0.1, -0.05) is 13.8 Å². The van der Waals surface area contributed by atoms with Gasteiger partial charge in [0.1, 0.15) is 5.60 Å². The highest BCUT2D eigenvalue weighted by Gasteiger charge is 2.40. The summed E-state index contributed by atoms with van der Waals surface area (Å²) in [7, 11) is 0. The van der Waals surface area contributed by atoms with Gasteiger partial charge >= 0.3 is 6.09 Å². The van der Waals surface area contributed by atoms with E-state index in [9.17, 15) is 4.79 Å². The molecule has 2 N–H and O–H groups in total. The van der Waals surface area contributed by atoms with Crippen molar-refractivity contribution >= 4 is 6.09 Å². The molecule has 0 saturated carbocycles. The van der Waals surface area contributed by atoms with Gasteiger partial charge in [-0.15, -0.1) is 0 Å². The van der Waals surface area contributed by atoms with Crippen LogP contribution in [0, 0.1) is 5.41 Å². The fourth-order valence-electron chi connectivity index (χ4n) is 2.80. The first-order chi connectivity index (χ1) is 8.77. The van der Waals surface area contributed by atoms with Crippen molar-refractivity contribution in [2.75, 3.05) is 13.1 Å². The summed E-state index contributed by atoms with van der Waals surface area (Å²) < 4.78 is 5.52. The molecule has 19 heavy (non-hydrogen) atoms. The highest BCUT2D eigenvalue weighted by molar-refractivity contribution is 5.68. The lowest BCUT2D eigenvalue weighted by molar-refractivity contribution is -0.0139. The number of piperidine rings is 1. The quantitative estimate of drug-likeness (QED) is 0.857. The summed E-state index contributed by atoms with van der Waals surface area (Å²) in [6.45, 7) is 11.4. The van der Waals surface area contributed by atoms with Gasteiger partial charge in [-0.05, 0) is 51.9 Å². The largest absolute Gasteiger partial charge is 0.444 e. The number of ether oxygens (including phenoxy) is 1. The van der Waals surface area contributed by atoms with Crippen LogP contribution in [0.3, 0.4) is 0 Å². The predicted molar refractivity (Wildman–Crippen MR) is 78.0 cm³/mol. The monoisotopic (exact) mass is 270 g/mol. The van der Waals surface area contributed by atoms with Crippen LogP contribution in [0.5, 0.6) is 0 Å². The summed E-state index contributed by atoms with van der Waals surface area (Å²) in [5.74, 6) is 0. The van der Waals surface area contributed by atoms with Crippen LogP contribution in [-0.4, -0.2) is 35.7 Å². The molecular formula is C15H30N2O2. The van der Waals surface area contributed by atoms with Crippen molar-refractivity contribution in [1.82, 2.24) is 4.90 Å². The van der Waals surface area contributed by atoms with Gasteiger partial charge in [-0.3, -0.25) is 0 Å². The minimum absolute atomic E-state index is 0.126. The molecule has 0 aromatic carbocycles. The van der Waals surface area contributed by atoms with Crippen LogP contribution in [0.1, 0.15) is 60.3 Å². The van der Waals surface area contributed by atoms with Gasteiger partial charge in [0, 0.05) is 19.1 Å². The molecule has 1 unspecified atom stereocenters. The highest BCUT2D eigenvalue weighted by Crippen LogP contribution is 2.39. The molecule has 1 saturated heterocycles. The van der Waals surface area contributed by atoms with Crippen LogP contribution in [0.25, 0.3) is 0 Å². The van der Waals surface area contributed by atoms with Crippen molar-refractivity contribution < 1.29 is 9.53 Å². The van der Waals surface area contributed by atoms with E-state index in [0.717, 1.165) is 32.2 Å². The Morgan fingerprint density at radius 2 is 1.95 bits per heavy atom. The molecule has 1 rings (SSSR count). The van der Waals surface area contributed by atoms with Crippen LogP contribution in [-0.2, 0) is 4.74 Å². The van der Waals surface area contributed by atoms with E-state index < -0.39 is 5.60 Å². The van der Waals surface area contributed by atoms with Gasteiger partial charge in [0.25, 0.3) is 0 Å². The van der Waals surface area contributed by atoms with Gasteiger partial charge in [0.05, 0.1) is 0 Å². The Hall–Kier alpha value is -0.770. The molecule has 0 radical (unpaired) electrons. The van der Waals surface area contributed by atoms with Crippen LogP contribution < -0.4 is 5.73 Å². The van der Waals surface area contributed by atoms with Gasteiger partial charge in [-0.2, -0.15) is 0 Å². The molecule has 112 valence electrons. The van der Waals surface area contributed by atoms with E-state index in [0.29, 0.717) is 6.54 Å². The molecule has 4 nitrogen and oxygen atoms in total. The van der Waals surface area contributed by atoms with Crippen LogP contribution >= 0.6 is 0 Å². The second-order valence-electron chi connectivity index (χ2n) is 6.74. The molecule has 1 amide bonds. The van der Waals surface area contributed by atoms with Gasteiger partial charge in [0.15, 0.2) is 0 Å². The molecule has 1 aliphatic rings. The van der Waals surface area contributed by atoms with Crippen molar-refractivity contribution in [3.05, 3.63) is 0 Å². The van der Waals surface area contributed by atoms with Gasteiger partial charge < -0.3 is 15.4 Å². The zero-order chi connectivity index (χ0) is 14.7. The summed E-state index contributed by atoms with van der Waals surface area (Å²) in [5.41, 5.74) is 5.61. The van der Waals surface area contributed by atoms with Crippen LogP contribution in [0.4, 0.5) is 4.79 Å². The number of amides is 1. The van der Waals surface area contributed by atoms with Crippen molar-refractivity contribution in [3.8, 4) is 0 Å². The second kappa shape index (κ2) is 6.12. The van der Waals surface area contributed by atoms with E-state index in [4.69, 9.17) is 10.5 Å². The molecule has 0 aromatic heterocycles. The number of likely N-dealkylation sites (tertiary alicyclic amines) is 1. The Bertz CT molecular complexity index is 306. The predicted octanol–water partition coefficient (Wildman–Crippen LogP) is 3.15. The Morgan fingerprint density at radius 1 is 1.37 bits per heavy atom. The Morgan fingerprint density at radius 3 is 2.37 bits per heavy atom.